The van der Waals surface area contributed by atoms with Gasteiger partial charge in [-0.05, 0) is 24.6 Å². The summed E-state index contributed by atoms with van der Waals surface area (Å²) in [6, 6.07) is 6.72. The lowest BCUT2D eigenvalue weighted by Crippen LogP contribution is -2.00. The number of aryl methyl sites for hydroxylation is 1. The third-order valence-electron chi connectivity index (χ3n) is 2.55. The molecule has 7 nitrogen and oxygen atoms in total. The highest BCUT2D eigenvalue weighted by molar-refractivity contribution is 5.85. The zero-order valence-corrected chi connectivity index (χ0v) is 10.6. The summed E-state index contributed by atoms with van der Waals surface area (Å²) in [5.41, 5.74) is 1.57. The summed E-state index contributed by atoms with van der Waals surface area (Å²) in [4.78, 5) is 25.3. The molecule has 0 amide bonds. The van der Waals surface area contributed by atoms with Crippen LogP contribution in [0.4, 0.5) is 11.7 Å². The lowest BCUT2D eigenvalue weighted by Gasteiger charge is -2.02. The minimum atomic E-state index is -1.18. The van der Waals surface area contributed by atoms with Crippen LogP contribution in [0.1, 0.15) is 21.8 Å². The van der Waals surface area contributed by atoms with Gasteiger partial charge in [0, 0.05) is 5.69 Å². The van der Waals surface area contributed by atoms with Crippen LogP contribution in [-0.2, 0) is 11.2 Å². The maximum Gasteiger partial charge on any atom is 0.373 e. The fourth-order valence-corrected chi connectivity index (χ4v) is 1.65. The molecule has 2 aromatic rings. The Hall–Kier alpha value is -2.83. The molecule has 0 unspecified atom stereocenters. The van der Waals surface area contributed by atoms with E-state index in [1.165, 1.54) is 6.92 Å². The fraction of sp³-hybridized carbons (Fsp3) is 0.154. The molecule has 1 aromatic carbocycles. The van der Waals surface area contributed by atoms with Crippen molar-refractivity contribution in [3.63, 3.8) is 0 Å². The molecule has 3 N–H and O–H groups in total. The van der Waals surface area contributed by atoms with Crippen molar-refractivity contribution in [3.05, 3.63) is 41.3 Å². The predicted octanol–water partition coefficient (Wildman–Crippen LogP) is 2.05. The van der Waals surface area contributed by atoms with E-state index >= 15 is 0 Å². The van der Waals surface area contributed by atoms with Gasteiger partial charge >= 0.3 is 11.9 Å². The quantitative estimate of drug-likeness (QED) is 0.765. The SMILES string of the molecule is Cc1nc(Nc2ccc(CC(=O)O)cc2)oc1C(=O)O. The monoisotopic (exact) mass is 276 g/mol. The van der Waals surface area contributed by atoms with Crippen LogP contribution in [0.5, 0.6) is 0 Å². The number of benzene rings is 1. The van der Waals surface area contributed by atoms with Gasteiger partial charge in [-0.25, -0.2) is 4.79 Å². The minimum absolute atomic E-state index is 0.0540. The second-order valence-corrected chi connectivity index (χ2v) is 4.13. The van der Waals surface area contributed by atoms with Gasteiger partial charge in [-0.15, -0.1) is 0 Å². The largest absolute Gasteiger partial charge is 0.481 e. The van der Waals surface area contributed by atoms with E-state index in [1.807, 2.05) is 0 Å². The van der Waals surface area contributed by atoms with Crippen molar-refractivity contribution < 1.29 is 24.2 Å². The first-order valence-electron chi connectivity index (χ1n) is 5.74. The van der Waals surface area contributed by atoms with Crippen molar-refractivity contribution in [2.24, 2.45) is 0 Å². The van der Waals surface area contributed by atoms with Crippen LogP contribution in [-0.4, -0.2) is 27.1 Å². The van der Waals surface area contributed by atoms with Crippen LogP contribution in [0, 0.1) is 6.92 Å². The van der Waals surface area contributed by atoms with E-state index < -0.39 is 11.9 Å². The zero-order chi connectivity index (χ0) is 14.7. The Morgan fingerprint density at radius 2 is 1.90 bits per heavy atom. The molecule has 0 atom stereocenters. The number of aromatic carboxylic acids is 1. The summed E-state index contributed by atoms with van der Waals surface area (Å²) >= 11 is 0. The first-order valence-corrected chi connectivity index (χ1v) is 5.74. The Bertz CT molecular complexity index is 645. The van der Waals surface area contributed by atoms with Gasteiger partial charge in [-0.3, -0.25) is 4.79 Å². The molecular weight excluding hydrogens is 264 g/mol. The van der Waals surface area contributed by atoms with E-state index in [9.17, 15) is 9.59 Å². The van der Waals surface area contributed by atoms with Gasteiger partial charge in [0.05, 0.1) is 12.1 Å². The molecule has 0 aliphatic carbocycles. The molecule has 2 rings (SSSR count). The molecule has 1 aromatic heterocycles. The standard InChI is InChI=1S/C13H12N2O5/c1-7-11(12(18)19)20-13(14-7)15-9-4-2-8(3-5-9)6-10(16)17/h2-5H,6H2,1H3,(H,14,15)(H,16,17)(H,18,19). The molecule has 0 spiro atoms. The van der Waals surface area contributed by atoms with Crippen molar-refractivity contribution in [1.29, 1.82) is 0 Å². The predicted molar refractivity (Wildman–Crippen MR) is 69.3 cm³/mol. The minimum Gasteiger partial charge on any atom is -0.481 e. The van der Waals surface area contributed by atoms with Crippen LogP contribution < -0.4 is 5.32 Å². The molecule has 104 valence electrons. The average molecular weight is 276 g/mol. The van der Waals surface area contributed by atoms with Crippen molar-refractivity contribution in [2.75, 3.05) is 5.32 Å². The second kappa shape index (κ2) is 5.43. The number of nitrogens with one attached hydrogen (secondary N) is 1. The van der Waals surface area contributed by atoms with E-state index in [1.54, 1.807) is 24.3 Å². The summed E-state index contributed by atoms with van der Waals surface area (Å²) in [5, 5.41) is 20.3. The molecule has 0 bridgehead atoms. The number of aliphatic carboxylic acids is 1. The van der Waals surface area contributed by atoms with Crippen LogP contribution in [0.25, 0.3) is 0 Å². The summed E-state index contributed by atoms with van der Waals surface area (Å²) in [7, 11) is 0. The molecule has 1 heterocycles. The Morgan fingerprint density at radius 3 is 2.40 bits per heavy atom. The molecule has 0 aliphatic rings. The number of nitrogens with zero attached hydrogens (tertiary/aromatic N) is 1. The fourth-order valence-electron chi connectivity index (χ4n) is 1.65. The number of carboxylic acid groups (broad SMARTS) is 2. The van der Waals surface area contributed by atoms with Crippen LogP contribution >= 0.6 is 0 Å². The third-order valence-corrected chi connectivity index (χ3v) is 2.55. The maximum atomic E-state index is 10.8. The molecular formula is C13H12N2O5. The number of rotatable bonds is 5. The molecule has 0 radical (unpaired) electrons. The highest BCUT2D eigenvalue weighted by atomic mass is 16.4. The molecule has 7 heteroatoms. The highest BCUT2D eigenvalue weighted by Crippen LogP contribution is 2.19. The lowest BCUT2D eigenvalue weighted by atomic mass is 10.1. The van der Waals surface area contributed by atoms with Gasteiger partial charge in [-0.2, -0.15) is 4.98 Å². The van der Waals surface area contributed by atoms with Crippen LogP contribution in [0.15, 0.2) is 28.7 Å². The number of carboxylic acids is 2. The number of hydrogen-bond donors (Lipinski definition) is 3. The molecule has 0 saturated heterocycles. The molecule has 0 saturated carbocycles. The Kier molecular flexibility index (Phi) is 3.69. The first-order chi connectivity index (χ1) is 9.45. The van der Waals surface area contributed by atoms with Gasteiger partial charge in [0.25, 0.3) is 6.01 Å². The summed E-state index contributed by atoms with van der Waals surface area (Å²) < 4.78 is 5.06. The Morgan fingerprint density at radius 1 is 1.25 bits per heavy atom. The van der Waals surface area contributed by atoms with Crippen molar-refractivity contribution in [2.45, 2.75) is 13.3 Å². The normalized spacial score (nSPS) is 10.2. The average Bonchev–Trinajstić information content (AvgIpc) is 2.72. The van der Waals surface area contributed by atoms with E-state index in [4.69, 9.17) is 14.6 Å². The first kappa shape index (κ1) is 13.6. The Balaban J connectivity index is 2.12. The van der Waals surface area contributed by atoms with Gasteiger partial charge in [-0.1, -0.05) is 12.1 Å². The van der Waals surface area contributed by atoms with Gasteiger partial charge in [0.15, 0.2) is 0 Å². The van der Waals surface area contributed by atoms with Gasteiger partial charge in [0.2, 0.25) is 5.76 Å². The number of hydrogen-bond acceptors (Lipinski definition) is 5. The van der Waals surface area contributed by atoms with Crippen LogP contribution in [0.2, 0.25) is 0 Å². The third kappa shape index (κ3) is 3.14. The number of aromatic nitrogens is 1. The van der Waals surface area contributed by atoms with Gasteiger partial charge in [0.1, 0.15) is 0 Å². The summed E-state index contributed by atoms with van der Waals surface area (Å²) in [6.45, 7) is 1.54. The zero-order valence-electron chi connectivity index (χ0n) is 10.6. The van der Waals surface area contributed by atoms with Gasteiger partial charge < -0.3 is 19.9 Å². The summed E-state index contributed by atoms with van der Waals surface area (Å²) in [5.74, 6) is -2.30. The van der Waals surface area contributed by atoms with E-state index in [0.29, 0.717) is 11.3 Å². The second-order valence-electron chi connectivity index (χ2n) is 4.13. The molecule has 0 aliphatic heterocycles. The van der Waals surface area contributed by atoms with Crippen LogP contribution in [0.3, 0.4) is 0 Å². The van der Waals surface area contributed by atoms with Crippen molar-refractivity contribution >= 4 is 23.6 Å². The van der Waals surface area contributed by atoms with Crippen molar-refractivity contribution in [3.8, 4) is 0 Å². The Labute approximate surface area is 113 Å². The molecule has 20 heavy (non-hydrogen) atoms. The number of carbonyl (C=O) groups is 2. The number of anilines is 2. The highest BCUT2D eigenvalue weighted by Gasteiger charge is 2.16. The maximum absolute atomic E-state index is 10.8. The lowest BCUT2D eigenvalue weighted by molar-refractivity contribution is -0.136. The number of oxazole rings is 1. The summed E-state index contributed by atoms with van der Waals surface area (Å²) in [6.07, 6.45) is -0.0540. The smallest absolute Gasteiger partial charge is 0.373 e. The van der Waals surface area contributed by atoms with E-state index in [2.05, 4.69) is 10.3 Å². The molecule has 0 fully saturated rings. The van der Waals surface area contributed by atoms with E-state index in [0.717, 1.165) is 0 Å². The topological polar surface area (TPSA) is 113 Å². The van der Waals surface area contributed by atoms with Crippen molar-refractivity contribution in [1.82, 2.24) is 4.98 Å². The van der Waals surface area contributed by atoms with E-state index in [-0.39, 0.29) is 23.9 Å².